The molecule has 6 heterocycles. The van der Waals surface area contributed by atoms with Gasteiger partial charge in [0.1, 0.15) is 35.0 Å². The number of nitrogens with zero attached hydrogens (tertiary/aromatic N) is 6. The zero-order valence-corrected chi connectivity index (χ0v) is 27.9. The molecule has 4 saturated heterocycles. The van der Waals surface area contributed by atoms with E-state index in [1.807, 2.05) is 49.9 Å². The molecule has 11 heteroatoms. The topological polar surface area (TPSA) is 104 Å². The Kier molecular flexibility index (Phi) is 7.58. The van der Waals surface area contributed by atoms with E-state index < -0.39 is 11.4 Å². The molecule has 4 aromatic rings. The molecule has 0 radical (unpaired) electrons. The van der Waals surface area contributed by atoms with Gasteiger partial charge in [-0.2, -0.15) is 9.97 Å². The summed E-state index contributed by atoms with van der Waals surface area (Å²) in [6.07, 6.45) is 8.67. The van der Waals surface area contributed by atoms with Crippen LogP contribution in [-0.2, 0) is 4.74 Å². The fourth-order valence-electron chi connectivity index (χ4n) is 8.51. The average Bonchev–Trinajstić information content (AvgIpc) is 3.60. The minimum atomic E-state index is -0.592. The van der Waals surface area contributed by atoms with Gasteiger partial charge in [-0.1, -0.05) is 30.7 Å². The lowest BCUT2D eigenvalue weighted by Crippen LogP contribution is -2.57. The van der Waals surface area contributed by atoms with Crippen molar-refractivity contribution in [2.45, 2.75) is 88.9 Å². The van der Waals surface area contributed by atoms with Crippen LogP contribution in [0.5, 0.6) is 11.8 Å². The van der Waals surface area contributed by atoms with Crippen molar-refractivity contribution in [1.29, 1.82) is 0 Å². The number of ether oxygens (including phenoxy) is 2. The molecule has 2 bridgehead atoms. The van der Waals surface area contributed by atoms with Crippen LogP contribution >= 0.6 is 0 Å². The number of piperidine rings is 1. The second-order valence-electron chi connectivity index (χ2n) is 15.0. The number of piperazine rings is 1. The van der Waals surface area contributed by atoms with Gasteiger partial charge < -0.3 is 19.5 Å². The third-order valence-electron chi connectivity index (χ3n) is 10.7. The zero-order valence-electron chi connectivity index (χ0n) is 27.9. The van der Waals surface area contributed by atoms with Gasteiger partial charge in [0.25, 0.3) is 0 Å². The maximum atomic E-state index is 16.9. The quantitative estimate of drug-likeness (QED) is 0.253. The van der Waals surface area contributed by atoms with E-state index in [-0.39, 0.29) is 46.7 Å². The highest BCUT2D eigenvalue weighted by Crippen LogP contribution is 2.41. The van der Waals surface area contributed by atoms with E-state index in [1.54, 1.807) is 18.3 Å². The molecule has 1 N–H and O–H groups in total. The van der Waals surface area contributed by atoms with Crippen molar-refractivity contribution in [3.8, 4) is 23.0 Å². The number of phenols is 1. The monoisotopic (exact) mass is 654 g/mol. The van der Waals surface area contributed by atoms with Crippen molar-refractivity contribution in [2.75, 3.05) is 37.7 Å². The highest BCUT2D eigenvalue weighted by molar-refractivity contribution is 6.00. The molecule has 252 valence electrons. The van der Waals surface area contributed by atoms with E-state index in [2.05, 4.69) is 14.8 Å². The molecule has 2 aromatic heterocycles. The van der Waals surface area contributed by atoms with Crippen molar-refractivity contribution in [1.82, 2.24) is 24.8 Å². The number of pyridine rings is 1. The van der Waals surface area contributed by atoms with Gasteiger partial charge in [0, 0.05) is 24.8 Å². The second kappa shape index (κ2) is 11.7. The number of fused-ring (bicyclic) bond motifs is 5. The number of hydrogen-bond acceptors (Lipinski definition) is 9. The van der Waals surface area contributed by atoms with Gasteiger partial charge in [0.15, 0.2) is 5.82 Å². The van der Waals surface area contributed by atoms with Crippen LogP contribution in [0, 0.1) is 5.82 Å². The highest BCUT2D eigenvalue weighted by atomic mass is 19.1. The summed E-state index contributed by atoms with van der Waals surface area (Å²) < 4.78 is 29.1. The van der Waals surface area contributed by atoms with Crippen LogP contribution in [-0.4, -0.2) is 92.0 Å². The van der Waals surface area contributed by atoms with Crippen LogP contribution < -0.4 is 9.64 Å². The average molecular weight is 655 g/mol. The minimum absolute atomic E-state index is 0.0311. The first-order chi connectivity index (χ1) is 23.1. The lowest BCUT2D eigenvalue weighted by Gasteiger charge is -2.42. The molecule has 10 nitrogen and oxygen atoms in total. The summed E-state index contributed by atoms with van der Waals surface area (Å²) in [6, 6.07) is 10.8. The smallest absolute Gasteiger partial charge is 0.410 e. The van der Waals surface area contributed by atoms with Gasteiger partial charge in [0.2, 0.25) is 0 Å². The maximum absolute atomic E-state index is 16.9. The van der Waals surface area contributed by atoms with Crippen LogP contribution in [0.4, 0.5) is 15.0 Å². The molecular weight excluding hydrogens is 611 g/mol. The Hall–Kier alpha value is -4.25. The highest BCUT2D eigenvalue weighted by Gasteiger charge is 2.46. The van der Waals surface area contributed by atoms with E-state index in [4.69, 9.17) is 19.4 Å². The molecule has 1 amide bonds. The van der Waals surface area contributed by atoms with Gasteiger partial charge in [-0.15, -0.1) is 0 Å². The van der Waals surface area contributed by atoms with E-state index in [0.29, 0.717) is 36.5 Å². The standard InChI is InChI=1S/C37H43FN6O4/c1-36(2,3)48-35(46)44-24-11-12-25(44)21-42(20-24)33-29-19-39-31(28-18-26(45)17-23-9-4-5-10-27(23)28)30(38)32(29)40-34(41-33)47-22-37-13-6-7-15-43(37)16-8-14-37/h4-5,9-10,17-19,24-25,45H,6-8,11-16,20-22H2,1-3H3. The number of halogens is 1. The number of hydrogen-bond donors (Lipinski definition) is 1. The van der Waals surface area contributed by atoms with Crippen LogP contribution in [0.25, 0.3) is 32.9 Å². The third-order valence-corrected chi connectivity index (χ3v) is 10.7. The van der Waals surface area contributed by atoms with Crippen LogP contribution in [0.2, 0.25) is 0 Å². The molecule has 4 aliphatic rings. The van der Waals surface area contributed by atoms with Gasteiger partial charge in [0.05, 0.1) is 23.0 Å². The number of phenolic OH excluding ortho intramolecular Hbond substituents is 1. The van der Waals surface area contributed by atoms with Crippen LogP contribution in [0.3, 0.4) is 0 Å². The van der Waals surface area contributed by atoms with Crippen molar-refractivity contribution in [2.24, 2.45) is 0 Å². The lowest BCUT2D eigenvalue weighted by atomic mass is 9.87. The first-order valence-electron chi connectivity index (χ1n) is 17.3. The largest absolute Gasteiger partial charge is 0.508 e. The van der Waals surface area contributed by atoms with Gasteiger partial charge in [-0.3, -0.25) is 14.8 Å². The first-order valence-corrected chi connectivity index (χ1v) is 17.3. The van der Waals surface area contributed by atoms with Gasteiger partial charge >= 0.3 is 12.1 Å². The Morgan fingerprint density at radius 2 is 1.77 bits per heavy atom. The number of benzene rings is 2. The second-order valence-corrected chi connectivity index (χ2v) is 15.0. The SMILES string of the molecule is CC(C)(C)OC(=O)N1C2CCC1CN(c1nc(OCC34CCCCN3CCC4)nc3c(F)c(-c4cc(O)cc5ccccc45)ncc13)C2. The number of amides is 1. The molecule has 2 aromatic carbocycles. The number of carbonyl (C=O) groups excluding carboxylic acids is 1. The zero-order chi connectivity index (χ0) is 33.2. The van der Waals surface area contributed by atoms with Crippen molar-refractivity contribution in [3.63, 3.8) is 0 Å². The molecule has 8 rings (SSSR count). The molecule has 3 atom stereocenters. The molecule has 48 heavy (non-hydrogen) atoms. The normalized spacial score (nSPS) is 24.3. The summed E-state index contributed by atoms with van der Waals surface area (Å²) in [4.78, 5) is 34.0. The van der Waals surface area contributed by atoms with E-state index in [1.165, 1.54) is 6.42 Å². The molecule has 4 fully saturated rings. The summed E-state index contributed by atoms with van der Waals surface area (Å²) in [5.41, 5.74) is 0.0835. The van der Waals surface area contributed by atoms with E-state index in [0.717, 1.165) is 62.4 Å². The molecule has 4 aliphatic heterocycles. The van der Waals surface area contributed by atoms with E-state index in [9.17, 15) is 9.90 Å². The van der Waals surface area contributed by atoms with Crippen molar-refractivity contribution >= 4 is 33.6 Å². The van der Waals surface area contributed by atoms with Crippen LogP contribution in [0.15, 0.2) is 42.6 Å². The molecular formula is C37H43FN6O4. The Bertz CT molecular complexity index is 1880. The molecule has 0 spiro atoms. The molecule has 3 unspecified atom stereocenters. The number of aromatic hydroxyl groups is 1. The molecule has 0 aliphatic carbocycles. The Morgan fingerprint density at radius 3 is 2.56 bits per heavy atom. The maximum Gasteiger partial charge on any atom is 0.410 e. The molecule has 0 saturated carbocycles. The summed E-state index contributed by atoms with van der Waals surface area (Å²) in [7, 11) is 0. The third kappa shape index (κ3) is 5.45. The Labute approximate surface area is 279 Å². The number of anilines is 1. The predicted octanol–water partition coefficient (Wildman–Crippen LogP) is 6.68. The first kappa shape index (κ1) is 31.0. The van der Waals surface area contributed by atoms with Crippen molar-refractivity contribution in [3.05, 3.63) is 48.4 Å². The summed E-state index contributed by atoms with van der Waals surface area (Å²) in [5, 5.41) is 12.6. The summed E-state index contributed by atoms with van der Waals surface area (Å²) in [5.74, 6) is -0.00657. The lowest BCUT2D eigenvalue weighted by molar-refractivity contribution is 0.0122. The van der Waals surface area contributed by atoms with Crippen molar-refractivity contribution < 1.29 is 23.8 Å². The fraction of sp³-hybridized carbons (Fsp3) is 0.514. The summed E-state index contributed by atoms with van der Waals surface area (Å²) in [6.45, 7) is 9.28. The van der Waals surface area contributed by atoms with Crippen LogP contribution in [0.1, 0.15) is 65.7 Å². The van der Waals surface area contributed by atoms with Gasteiger partial charge in [-0.25, -0.2) is 9.18 Å². The number of rotatable bonds is 5. The number of carbonyl (C=O) groups is 1. The Morgan fingerprint density at radius 1 is 1.02 bits per heavy atom. The minimum Gasteiger partial charge on any atom is -0.508 e. The number of aromatic nitrogens is 3. The fourth-order valence-corrected chi connectivity index (χ4v) is 8.51. The summed E-state index contributed by atoms with van der Waals surface area (Å²) >= 11 is 0. The predicted molar refractivity (Wildman–Crippen MR) is 182 cm³/mol. The Balaban J connectivity index is 1.20. The van der Waals surface area contributed by atoms with E-state index >= 15 is 4.39 Å². The van der Waals surface area contributed by atoms with Gasteiger partial charge in [-0.05, 0) is 95.3 Å².